The first-order chi connectivity index (χ1) is 16.2. The van der Waals surface area contributed by atoms with Crippen LogP contribution in [0.2, 0.25) is 5.15 Å². The number of anilines is 1. The molecule has 1 atom stereocenters. The van der Waals surface area contributed by atoms with E-state index in [2.05, 4.69) is 38.9 Å². The molecular formula is C26H29ClFN5O. The number of pyridine rings is 2. The van der Waals surface area contributed by atoms with Gasteiger partial charge >= 0.3 is 5.69 Å². The molecule has 4 heterocycles. The number of aromatic nitrogens is 4. The topological polar surface area (TPSA) is 63.9 Å². The van der Waals surface area contributed by atoms with E-state index in [1.165, 1.54) is 10.6 Å². The number of halogens is 2. The van der Waals surface area contributed by atoms with Crippen LogP contribution in [0, 0.1) is 24.1 Å². The van der Waals surface area contributed by atoms with Gasteiger partial charge in [0.2, 0.25) is 0 Å². The van der Waals surface area contributed by atoms with E-state index in [1.54, 1.807) is 6.20 Å². The molecule has 0 amide bonds. The van der Waals surface area contributed by atoms with Gasteiger partial charge in [0.1, 0.15) is 5.82 Å². The summed E-state index contributed by atoms with van der Waals surface area (Å²) in [5.74, 6) is 0.443. The lowest BCUT2D eigenvalue weighted by atomic mass is 9.71. The first kappa shape index (κ1) is 23.0. The van der Waals surface area contributed by atoms with Crippen molar-refractivity contribution in [1.29, 1.82) is 0 Å². The number of fused-ring (bicyclic) bond motifs is 1. The van der Waals surface area contributed by atoms with Crippen LogP contribution in [-0.4, -0.2) is 32.6 Å². The zero-order valence-electron chi connectivity index (χ0n) is 20.0. The second kappa shape index (κ2) is 8.45. The van der Waals surface area contributed by atoms with Crippen molar-refractivity contribution in [2.75, 3.05) is 18.0 Å². The predicted molar refractivity (Wildman–Crippen MR) is 134 cm³/mol. The Morgan fingerprint density at radius 3 is 2.62 bits per heavy atom. The van der Waals surface area contributed by atoms with E-state index >= 15 is 0 Å². The lowest BCUT2D eigenvalue weighted by molar-refractivity contribution is 0.176. The summed E-state index contributed by atoms with van der Waals surface area (Å²) in [7, 11) is 0. The first-order valence-electron chi connectivity index (χ1n) is 11.9. The molecule has 1 unspecified atom stereocenters. The highest BCUT2D eigenvalue weighted by atomic mass is 35.5. The maximum Gasteiger partial charge on any atom is 0.355 e. The van der Waals surface area contributed by atoms with Crippen LogP contribution in [-0.2, 0) is 0 Å². The fourth-order valence-corrected chi connectivity index (χ4v) is 5.67. The molecule has 0 bridgehead atoms. The Bertz CT molecular complexity index is 1360. The van der Waals surface area contributed by atoms with Gasteiger partial charge < -0.3 is 4.90 Å². The van der Waals surface area contributed by atoms with Gasteiger partial charge in [-0.3, -0.25) is 4.98 Å². The van der Waals surface area contributed by atoms with Crippen LogP contribution < -0.4 is 10.6 Å². The molecule has 5 rings (SSSR count). The van der Waals surface area contributed by atoms with Crippen LogP contribution in [0.15, 0.2) is 35.3 Å². The number of allylic oxidation sites excluding steroid dienone is 2. The third-order valence-electron chi connectivity index (χ3n) is 7.66. The minimum absolute atomic E-state index is 0.0627. The largest absolute Gasteiger partial charge is 0.356 e. The minimum Gasteiger partial charge on any atom is -0.356 e. The van der Waals surface area contributed by atoms with Crippen LogP contribution >= 0.6 is 11.6 Å². The normalized spacial score (nSPS) is 19.6. The molecule has 1 saturated heterocycles. The zero-order chi connectivity index (χ0) is 24.2. The monoisotopic (exact) mass is 481 g/mol. The molecule has 0 radical (unpaired) electrons. The zero-order valence-corrected chi connectivity index (χ0v) is 20.7. The van der Waals surface area contributed by atoms with Crippen LogP contribution in [0.5, 0.6) is 0 Å². The molecule has 2 aliphatic rings. The summed E-state index contributed by atoms with van der Waals surface area (Å²) in [6.45, 7) is 9.74. The third-order valence-corrected chi connectivity index (χ3v) is 7.92. The Hall–Kier alpha value is -2.80. The summed E-state index contributed by atoms with van der Waals surface area (Å²) < 4.78 is 16.1. The number of aryl methyl sites for hydroxylation is 1. The molecule has 3 aromatic heterocycles. The van der Waals surface area contributed by atoms with E-state index in [4.69, 9.17) is 11.6 Å². The summed E-state index contributed by atoms with van der Waals surface area (Å²) in [4.78, 5) is 29.0. The molecule has 1 fully saturated rings. The van der Waals surface area contributed by atoms with Crippen molar-refractivity contribution < 1.29 is 4.39 Å². The van der Waals surface area contributed by atoms with E-state index in [0.717, 1.165) is 43.6 Å². The molecule has 0 aromatic carbocycles. The van der Waals surface area contributed by atoms with Crippen molar-refractivity contribution in [2.24, 2.45) is 11.3 Å². The Balaban J connectivity index is 1.68. The molecule has 1 aliphatic heterocycles. The summed E-state index contributed by atoms with van der Waals surface area (Å²) in [5, 5.41) is 0.210. The van der Waals surface area contributed by atoms with E-state index in [-0.39, 0.29) is 16.5 Å². The van der Waals surface area contributed by atoms with Crippen molar-refractivity contribution in [3.05, 3.63) is 63.2 Å². The highest BCUT2D eigenvalue weighted by molar-refractivity contribution is 6.30. The van der Waals surface area contributed by atoms with Crippen LogP contribution in [0.4, 0.5) is 10.2 Å². The number of hydrogen-bond donors (Lipinski definition) is 0. The maximum atomic E-state index is 14.7. The molecule has 1 aliphatic carbocycles. The van der Waals surface area contributed by atoms with Crippen molar-refractivity contribution in [2.45, 2.75) is 52.9 Å². The highest BCUT2D eigenvalue weighted by Gasteiger charge is 2.40. The third kappa shape index (κ3) is 3.61. The SMILES string of the molecule is Cc1ccnc(C(C)C)c1-n1c(=O)nc(N2CCC3(CC=CC3C)CC2)c2cc(F)c(Cl)nc21. The molecule has 6 nitrogen and oxygen atoms in total. The second-order valence-electron chi connectivity index (χ2n) is 9.97. The Kier molecular flexibility index (Phi) is 5.71. The van der Waals surface area contributed by atoms with Crippen molar-refractivity contribution in [3.8, 4) is 5.69 Å². The Morgan fingerprint density at radius 1 is 1.24 bits per heavy atom. The fraction of sp³-hybridized carbons (Fsp3) is 0.462. The van der Waals surface area contributed by atoms with Gasteiger partial charge in [-0.25, -0.2) is 18.7 Å². The Morgan fingerprint density at radius 2 is 1.97 bits per heavy atom. The average molecular weight is 482 g/mol. The Labute approximate surface area is 203 Å². The van der Waals surface area contributed by atoms with Gasteiger partial charge in [-0.15, -0.1) is 0 Å². The number of nitrogens with zero attached hydrogens (tertiary/aromatic N) is 5. The molecule has 178 valence electrons. The van der Waals surface area contributed by atoms with Crippen LogP contribution in [0.3, 0.4) is 0 Å². The van der Waals surface area contributed by atoms with Crippen LogP contribution in [0.1, 0.15) is 57.2 Å². The van der Waals surface area contributed by atoms with E-state index < -0.39 is 11.5 Å². The van der Waals surface area contributed by atoms with Gasteiger partial charge in [0.15, 0.2) is 16.6 Å². The number of hydrogen-bond acceptors (Lipinski definition) is 5. The van der Waals surface area contributed by atoms with Gasteiger partial charge in [-0.2, -0.15) is 4.98 Å². The summed E-state index contributed by atoms with van der Waals surface area (Å²) in [6.07, 6.45) is 9.38. The van der Waals surface area contributed by atoms with E-state index in [9.17, 15) is 9.18 Å². The van der Waals surface area contributed by atoms with Crippen molar-refractivity contribution in [1.82, 2.24) is 19.5 Å². The average Bonchev–Trinajstić information content (AvgIpc) is 3.15. The van der Waals surface area contributed by atoms with Gasteiger partial charge in [0.25, 0.3) is 0 Å². The van der Waals surface area contributed by atoms with Crippen LogP contribution in [0.25, 0.3) is 16.7 Å². The van der Waals surface area contributed by atoms with Crippen molar-refractivity contribution >= 4 is 28.5 Å². The molecule has 0 N–H and O–H groups in total. The quantitative estimate of drug-likeness (QED) is 0.361. The van der Waals surface area contributed by atoms with E-state index in [1.807, 2.05) is 26.8 Å². The van der Waals surface area contributed by atoms with Gasteiger partial charge in [0.05, 0.1) is 16.8 Å². The second-order valence-corrected chi connectivity index (χ2v) is 10.3. The molecule has 34 heavy (non-hydrogen) atoms. The van der Waals surface area contributed by atoms with Gasteiger partial charge in [-0.05, 0) is 61.1 Å². The molecule has 3 aromatic rings. The lowest BCUT2D eigenvalue weighted by Gasteiger charge is -2.43. The molecule has 8 heteroatoms. The minimum atomic E-state index is -0.628. The standard InChI is InChI=1S/C26H29ClFN5O/c1-15(2)20-21(16(3)7-11-29-20)33-24-18(14-19(28)22(27)30-24)23(31-25(33)34)32-12-9-26(10-13-32)8-5-6-17(26)4/h5-7,11,14-15,17H,8-10,12-13H2,1-4H3. The number of piperidine rings is 1. The summed E-state index contributed by atoms with van der Waals surface area (Å²) in [6, 6.07) is 3.20. The fourth-order valence-electron chi connectivity index (χ4n) is 5.53. The molecule has 1 spiro atoms. The molecular weight excluding hydrogens is 453 g/mol. The highest BCUT2D eigenvalue weighted by Crippen LogP contribution is 2.47. The van der Waals surface area contributed by atoms with Crippen molar-refractivity contribution in [3.63, 3.8) is 0 Å². The smallest absolute Gasteiger partial charge is 0.355 e. The summed E-state index contributed by atoms with van der Waals surface area (Å²) >= 11 is 6.12. The maximum absolute atomic E-state index is 14.7. The number of rotatable bonds is 3. The predicted octanol–water partition coefficient (Wildman–Crippen LogP) is 5.58. The van der Waals surface area contributed by atoms with E-state index in [0.29, 0.717) is 28.5 Å². The lowest BCUT2D eigenvalue weighted by Crippen LogP contribution is -2.43. The van der Waals surface area contributed by atoms with Gasteiger partial charge in [0, 0.05) is 19.3 Å². The van der Waals surface area contributed by atoms with Gasteiger partial charge in [-0.1, -0.05) is 44.5 Å². The first-order valence-corrected chi connectivity index (χ1v) is 12.3. The summed E-state index contributed by atoms with van der Waals surface area (Å²) in [5.41, 5.74) is 2.35. The molecule has 0 saturated carbocycles.